The second kappa shape index (κ2) is 10.4. The highest BCUT2D eigenvalue weighted by Crippen LogP contribution is 2.42. The SMILES string of the molecule is COc1cc(CN2CCN(c3ccc(C)cc3C)CC2)c2cc3[n+](cc2c1O)CCc1cc2c(cc1-3)OCO2.[Cl-]. The molecule has 0 aliphatic carbocycles. The summed E-state index contributed by atoms with van der Waals surface area (Å²) in [5.74, 6) is 2.34. The van der Waals surface area contributed by atoms with Gasteiger partial charge in [0, 0.05) is 56.3 Å². The number of benzene rings is 3. The van der Waals surface area contributed by atoms with E-state index >= 15 is 0 Å². The maximum atomic E-state index is 11.1. The summed E-state index contributed by atoms with van der Waals surface area (Å²) < 4.78 is 19.2. The van der Waals surface area contributed by atoms with Gasteiger partial charge in [0.2, 0.25) is 12.5 Å². The first-order chi connectivity index (χ1) is 19.0. The van der Waals surface area contributed by atoms with Crippen LogP contribution in [0.15, 0.2) is 48.7 Å². The van der Waals surface area contributed by atoms with Gasteiger partial charge < -0.3 is 36.6 Å². The average Bonchev–Trinajstić information content (AvgIpc) is 3.41. The Morgan fingerprint density at radius 2 is 1.73 bits per heavy atom. The van der Waals surface area contributed by atoms with Gasteiger partial charge in [0.1, 0.15) is 0 Å². The van der Waals surface area contributed by atoms with Crippen LogP contribution in [-0.4, -0.2) is 50.1 Å². The minimum Gasteiger partial charge on any atom is -1.00 e. The molecular formula is C32H34ClN3O4. The highest BCUT2D eigenvalue weighted by molar-refractivity contribution is 5.94. The molecular weight excluding hydrogens is 526 g/mol. The summed E-state index contributed by atoms with van der Waals surface area (Å²) in [4.78, 5) is 5.00. The number of methoxy groups -OCH3 is 1. The lowest BCUT2D eigenvalue weighted by Gasteiger charge is -2.37. The van der Waals surface area contributed by atoms with Gasteiger partial charge in [-0.25, -0.2) is 0 Å². The van der Waals surface area contributed by atoms with Gasteiger partial charge in [0.15, 0.2) is 35.7 Å². The molecule has 4 heterocycles. The fraction of sp³-hybridized carbons (Fsp3) is 0.344. The molecule has 3 aromatic carbocycles. The average molecular weight is 560 g/mol. The lowest BCUT2D eigenvalue weighted by atomic mass is 9.94. The number of fused-ring (bicyclic) bond motifs is 5. The van der Waals surface area contributed by atoms with Crippen LogP contribution in [0, 0.1) is 13.8 Å². The van der Waals surface area contributed by atoms with Crippen LogP contribution in [0.2, 0.25) is 0 Å². The summed E-state index contributed by atoms with van der Waals surface area (Å²) in [6.45, 7) is 10.2. The van der Waals surface area contributed by atoms with Crippen molar-refractivity contribution < 1.29 is 36.3 Å². The fourth-order valence-corrected chi connectivity index (χ4v) is 6.41. The number of anilines is 1. The van der Waals surface area contributed by atoms with Crippen molar-refractivity contribution in [2.45, 2.75) is 33.4 Å². The van der Waals surface area contributed by atoms with E-state index in [9.17, 15) is 5.11 Å². The molecule has 3 aliphatic heterocycles. The van der Waals surface area contributed by atoms with Gasteiger partial charge in [-0.1, -0.05) is 17.7 Å². The number of phenols is 1. The standard InChI is InChI=1S/C32H33N3O4.ClH/c1-20-4-5-27(21(2)12-20)34-10-8-33(9-11-34)17-23-14-31(37-3)32(36)26-18-35-7-6-22-13-29-30(39-19-38-29)16-25(22)28(35)15-24(23)26;/h4-5,12-16,18H,6-11,17,19H2,1-3H3;1H. The van der Waals surface area contributed by atoms with Crippen LogP contribution in [0.25, 0.3) is 22.0 Å². The zero-order chi connectivity index (χ0) is 26.7. The lowest BCUT2D eigenvalue weighted by molar-refractivity contribution is -0.686. The number of halogens is 1. The Bertz CT molecular complexity index is 1610. The van der Waals surface area contributed by atoms with Gasteiger partial charge in [-0.2, -0.15) is 4.57 Å². The molecule has 0 unspecified atom stereocenters. The third-order valence-corrected chi connectivity index (χ3v) is 8.48. The van der Waals surface area contributed by atoms with Crippen LogP contribution >= 0.6 is 0 Å². The van der Waals surface area contributed by atoms with Gasteiger partial charge in [0.05, 0.1) is 18.1 Å². The van der Waals surface area contributed by atoms with Crippen molar-refractivity contribution in [1.29, 1.82) is 0 Å². The first kappa shape index (κ1) is 26.5. The van der Waals surface area contributed by atoms with E-state index in [0.717, 1.165) is 84.8 Å². The molecule has 1 saturated heterocycles. The number of hydrogen-bond acceptors (Lipinski definition) is 6. The number of nitrogens with zero attached hydrogens (tertiary/aromatic N) is 3. The van der Waals surface area contributed by atoms with Gasteiger partial charge in [-0.3, -0.25) is 4.90 Å². The number of ether oxygens (including phenoxy) is 3. The molecule has 3 aliphatic rings. The zero-order valence-electron chi connectivity index (χ0n) is 23.2. The highest BCUT2D eigenvalue weighted by atomic mass is 35.5. The van der Waals surface area contributed by atoms with Crippen LogP contribution in [-0.2, 0) is 19.5 Å². The van der Waals surface area contributed by atoms with Crippen LogP contribution < -0.4 is 36.1 Å². The molecule has 208 valence electrons. The second-order valence-corrected chi connectivity index (χ2v) is 10.9. The molecule has 0 amide bonds. The van der Waals surface area contributed by atoms with E-state index in [4.69, 9.17) is 14.2 Å². The smallest absolute Gasteiger partial charge is 0.231 e. The molecule has 0 radical (unpaired) electrons. The van der Waals surface area contributed by atoms with E-state index < -0.39 is 0 Å². The second-order valence-electron chi connectivity index (χ2n) is 10.9. The largest absolute Gasteiger partial charge is 1.00 e. The normalized spacial score (nSPS) is 15.9. The highest BCUT2D eigenvalue weighted by Gasteiger charge is 2.30. The summed E-state index contributed by atoms with van der Waals surface area (Å²) in [5, 5.41) is 13.0. The van der Waals surface area contributed by atoms with Crippen LogP contribution in [0.3, 0.4) is 0 Å². The number of hydrogen-bond donors (Lipinski definition) is 1. The topological polar surface area (TPSA) is 58.3 Å². The molecule has 7 rings (SSSR count). The molecule has 8 heteroatoms. The monoisotopic (exact) mass is 559 g/mol. The third-order valence-electron chi connectivity index (χ3n) is 8.48. The van der Waals surface area contributed by atoms with Crippen molar-refractivity contribution in [3.05, 3.63) is 70.9 Å². The fourth-order valence-electron chi connectivity index (χ4n) is 6.41. The number of aromatic nitrogens is 1. The van der Waals surface area contributed by atoms with Gasteiger partial charge in [-0.05, 0) is 54.8 Å². The predicted octanol–water partition coefficient (Wildman–Crippen LogP) is 1.74. The minimum absolute atomic E-state index is 0. The number of rotatable bonds is 4. The summed E-state index contributed by atoms with van der Waals surface area (Å²) >= 11 is 0. The quantitative estimate of drug-likeness (QED) is 0.385. The van der Waals surface area contributed by atoms with E-state index in [1.165, 1.54) is 22.4 Å². The van der Waals surface area contributed by atoms with Crippen molar-refractivity contribution in [2.75, 3.05) is 45.0 Å². The molecule has 1 N–H and O–H groups in total. The first-order valence-electron chi connectivity index (χ1n) is 13.7. The number of aryl methyl sites for hydroxylation is 4. The molecule has 1 aromatic heterocycles. The Kier molecular flexibility index (Phi) is 6.88. The zero-order valence-corrected chi connectivity index (χ0v) is 23.9. The number of pyridine rings is 1. The van der Waals surface area contributed by atoms with Crippen molar-refractivity contribution >= 4 is 16.5 Å². The van der Waals surface area contributed by atoms with E-state index in [-0.39, 0.29) is 24.9 Å². The molecule has 40 heavy (non-hydrogen) atoms. The Morgan fingerprint density at radius 3 is 2.48 bits per heavy atom. The number of aromatic hydroxyl groups is 1. The number of phenolic OH excluding ortho intramolecular Hbond substituents is 1. The van der Waals surface area contributed by atoms with Crippen LogP contribution in [0.1, 0.15) is 22.3 Å². The van der Waals surface area contributed by atoms with Crippen molar-refractivity contribution in [1.82, 2.24) is 4.90 Å². The summed E-state index contributed by atoms with van der Waals surface area (Å²) in [7, 11) is 1.62. The summed E-state index contributed by atoms with van der Waals surface area (Å²) in [6.07, 6.45) is 2.98. The number of piperazine rings is 1. The third kappa shape index (κ3) is 4.47. The molecule has 0 saturated carbocycles. The van der Waals surface area contributed by atoms with Crippen molar-refractivity contribution in [3.63, 3.8) is 0 Å². The lowest BCUT2D eigenvalue weighted by Crippen LogP contribution is -3.00. The van der Waals surface area contributed by atoms with Gasteiger partial charge in [0.25, 0.3) is 0 Å². The van der Waals surface area contributed by atoms with E-state index in [1.54, 1.807) is 7.11 Å². The van der Waals surface area contributed by atoms with Crippen molar-refractivity contribution in [2.24, 2.45) is 0 Å². The molecule has 0 atom stereocenters. The first-order valence-corrected chi connectivity index (χ1v) is 13.7. The Labute approximate surface area is 240 Å². The van der Waals surface area contributed by atoms with E-state index in [2.05, 4.69) is 70.8 Å². The summed E-state index contributed by atoms with van der Waals surface area (Å²) in [6, 6.07) is 15.2. The van der Waals surface area contributed by atoms with Crippen LogP contribution in [0.5, 0.6) is 23.0 Å². The Balaban J connectivity index is 0.00000289. The molecule has 0 spiro atoms. The predicted molar refractivity (Wildman–Crippen MR) is 151 cm³/mol. The van der Waals surface area contributed by atoms with Crippen molar-refractivity contribution in [3.8, 4) is 34.3 Å². The minimum atomic E-state index is 0. The van der Waals surface area contributed by atoms with Crippen LogP contribution in [0.4, 0.5) is 5.69 Å². The molecule has 0 bridgehead atoms. The Hall–Kier alpha value is -3.68. The van der Waals surface area contributed by atoms with Gasteiger partial charge >= 0.3 is 0 Å². The Morgan fingerprint density at radius 1 is 0.950 bits per heavy atom. The summed E-state index contributed by atoms with van der Waals surface area (Å²) in [5.41, 5.74) is 8.69. The molecule has 7 nitrogen and oxygen atoms in total. The maximum Gasteiger partial charge on any atom is 0.231 e. The van der Waals surface area contributed by atoms with E-state index in [1.807, 2.05) is 6.07 Å². The maximum absolute atomic E-state index is 11.1. The van der Waals surface area contributed by atoms with E-state index in [0.29, 0.717) is 5.75 Å². The molecule has 4 aromatic rings. The van der Waals surface area contributed by atoms with Gasteiger partial charge in [-0.15, -0.1) is 0 Å². The molecule has 1 fully saturated rings.